The van der Waals surface area contributed by atoms with Crippen molar-refractivity contribution in [3.63, 3.8) is 0 Å². The van der Waals surface area contributed by atoms with Crippen molar-refractivity contribution in [2.45, 2.75) is 32.7 Å². The highest BCUT2D eigenvalue weighted by atomic mass is 16.4. The summed E-state index contributed by atoms with van der Waals surface area (Å²) in [5.41, 5.74) is 0. The molecule has 1 aliphatic heterocycles. The summed E-state index contributed by atoms with van der Waals surface area (Å²) in [5.74, 6) is -1.45. The van der Waals surface area contributed by atoms with E-state index in [0.717, 1.165) is 19.5 Å². The fourth-order valence-corrected chi connectivity index (χ4v) is 2.38. The Kier molecular flexibility index (Phi) is 6.08. The van der Waals surface area contributed by atoms with E-state index < -0.39 is 11.9 Å². The van der Waals surface area contributed by atoms with Crippen molar-refractivity contribution in [3.05, 3.63) is 0 Å². The Morgan fingerprint density at radius 1 is 1.53 bits per heavy atom. The van der Waals surface area contributed by atoms with Crippen molar-refractivity contribution in [2.75, 3.05) is 33.2 Å². The van der Waals surface area contributed by atoms with Gasteiger partial charge in [0, 0.05) is 26.2 Å². The van der Waals surface area contributed by atoms with Gasteiger partial charge in [-0.3, -0.25) is 9.69 Å². The molecule has 1 saturated heterocycles. The molecular weight excluding hydrogens is 246 g/mol. The smallest absolute Gasteiger partial charge is 0.317 e. The Hall–Kier alpha value is -1.30. The highest BCUT2D eigenvalue weighted by molar-refractivity contribution is 5.75. The Bertz CT molecular complexity index is 322. The number of nitrogens with zero attached hydrogens (tertiary/aromatic N) is 2. The van der Waals surface area contributed by atoms with Gasteiger partial charge in [0.15, 0.2) is 0 Å². The van der Waals surface area contributed by atoms with Gasteiger partial charge < -0.3 is 15.3 Å². The third-order valence-corrected chi connectivity index (χ3v) is 3.72. The maximum Gasteiger partial charge on any atom is 0.317 e. The Balaban J connectivity index is 2.34. The van der Waals surface area contributed by atoms with Crippen molar-refractivity contribution in [1.82, 2.24) is 15.1 Å². The maximum absolute atomic E-state index is 11.9. The number of likely N-dealkylation sites (tertiary alicyclic amines) is 1. The normalized spacial score (nSPS) is 21.1. The fraction of sp³-hybridized carbons (Fsp3) is 0.846. The van der Waals surface area contributed by atoms with E-state index in [-0.39, 0.29) is 12.6 Å². The monoisotopic (exact) mass is 271 g/mol. The number of hydrogen-bond acceptors (Lipinski definition) is 3. The summed E-state index contributed by atoms with van der Waals surface area (Å²) in [7, 11) is 1.76. The molecule has 2 unspecified atom stereocenters. The Labute approximate surface area is 114 Å². The van der Waals surface area contributed by atoms with Gasteiger partial charge >= 0.3 is 12.0 Å². The van der Waals surface area contributed by atoms with Gasteiger partial charge in [0.05, 0.1) is 5.92 Å². The predicted molar refractivity (Wildman–Crippen MR) is 73.1 cm³/mol. The molecule has 0 aromatic heterocycles. The Morgan fingerprint density at radius 3 is 2.79 bits per heavy atom. The SMILES string of the molecule is CCN1CCCC1CN(C)C(=O)NCC(C)C(=O)O. The van der Waals surface area contributed by atoms with Gasteiger partial charge in [-0.25, -0.2) is 4.79 Å². The van der Waals surface area contributed by atoms with Crippen LogP contribution in [-0.2, 0) is 4.79 Å². The number of carbonyl (C=O) groups excluding carboxylic acids is 1. The summed E-state index contributed by atoms with van der Waals surface area (Å²) >= 11 is 0. The van der Waals surface area contributed by atoms with E-state index in [0.29, 0.717) is 12.6 Å². The van der Waals surface area contributed by atoms with Crippen molar-refractivity contribution in [2.24, 2.45) is 5.92 Å². The lowest BCUT2D eigenvalue weighted by Crippen LogP contribution is -2.46. The number of carboxylic acid groups (broad SMARTS) is 1. The lowest BCUT2D eigenvalue weighted by molar-refractivity contribution is -0.140. The molecular formula is C13H25N3O3. The minimum Gasteiger partial charge on any atom is -0.481 e. The number of hydrogen-bond donors (Lipinski definition) is 2. The van der Waals surface area contributed by atoms with Crippen LogP contribution in [0.15, 0.2) is 0 Å². The van der Waals surface area contributed by atoms with Crippen molar-refractivity contribution in [1.29, 1.82) is 0 Å². The average molecular weight is 271 g/mol. The molecule has 0 bridgehead atoms. The van der Waals surface area contributed by atoms with Crippen molar-refractivity contribution >= 4 is 12.0 Å². The topological polar surface area (TPSA) is 72.9 Å². The molecule has 1 aliphatic rings. The van der Waals surface area contributed by atoms with E-state index in [2.05, 4.69) is 17.1 Å². The quantitative estimate of drug-likeness (QED) is 0.750. The molecule has 6 nitrogen and oxygen atoms in total. The van der Waals surface area contributed by atoms with E-state index in [1.54, 1.807) is 18.9 Å². The lowest BCUT2D eigenvalue weighted by atomic mass is 10.2. The second-order valence-corrected chi connectivity index (χ2v) is 5.23. The molecule has 2 N–H and O–H groups in total. The number of nitrogens with one attached hydrogen (secondary N) is 1. The van der Waals surface area contributed by atoms with E-state index in [4.69, 9.17) is 5.11 Å². The largest absolute Gasteiger partial charge is 0.481 e. The summed E-state index contributed by atoms with van der Waals surface area (Å²) in [6.45, 7) is 6.69. The molecule has 6 heteroatoms. The van der Waals surface area contributed by atoms with Crippen LogP contribution in [-0.4, -0.2) is 66.2 Å². The van der Waals surface area contributed by atoms with Gasteiger partial charge in [0.2, 0.25) is 0 Å². The van der Waals surface area contributed by atoms with Crippen molar-refractivity contribution < 1.29 is 14.7 Å². The second kappa shape index (κ2) is 7.33. The minimum atomic E-state index is -0.893. The standard InChI is InChI=1S/C13H25N3O3/c1-4-16-7-5-6-11(16)9-15(3)13(19)14-8-10(2)12(17)18/h10-11H,4-9H2,1-3H3,(H,14,19)(H,17,18). The molecule has 0 aliphatic carbocycles. The summed E-state index contributed by atoms with van der Waals surface area (Å²) in [5, 5.41) is 11.4. The van der Waals surface area contributed by atoms with Crippen LogP contribution in [0.1, 0.15) is 26.7 Å². The van der Waals surface area contributed by atoms with Crippen LogP contribution in [0.3, 0.4) is 0 Å². The third kappa shape index (κ3) is 4.70. The summed E-state index contributed by atoms with van der Waals surface area (Å²) in [4.78, 5) is 26.6. The molecule has 1 heterocycles. The van der Waals surface area contributed by atoms with Crippen LogP contribution in [0, 0.1) is 5.92 Å². The molecule has 0 aromatic rings. The molecule has 1 fully saturated rings. The first-order valence-electron chi connectivity index (χ1n) is 6.91. The second-order valence-electron chi connectivity index (χ2n) is 5.23. The summed E-state index contributed by atoms with van der Waals surface area (Å²) in [6, 6.07) is 0.230. The van der Waals surface area contributed by atoms with E-state index in [9.17, 15) is 9.59 Å². The molecule has 1 rings (SSSR count). The van der Waals surface area contributed by atoms with Crippen LogP contribution < -0.4 is 5.32 Å². The van der Waals surface area contributed by atoms with Crippen molar-refractivity contribution in [3.8, 4) is 0 Å². The molecule has 0 radical (unpaired) electrons. The first-order valence-corrected chi connectivity index (χ1v) is 6.91. The highest BCUT2D eigenvalue weighted by Gasteiger charge is 2.25. The predicted octanol–water partition coefficient (Wildman–Crippen LogP) is 0.833. The molecule has 0 aromatic carbocycles. The average Bonchev–Trinajstić information content (AvgIpc) is 2.82. The number of carboxylic acids is 1. The van der Waals surface area contributed by atoms with Gasteiger partial charge in [-0.2, -0.15) is 0 Å². The van der Waals surface area contributed by atoms with Crippen LogP contribution in [0.5, 0.6) is 0 Å². The molecule has 19 heavy (non-hydrogen) atoms. The van der Waals surface area contributed by atoms with Crippen LogP contribution in [0.4, 0.5) is 4.79 Å². The van der Waals surface area contributed by atoms with Crippen LogP contribution in [0.25, 0.3) is 0 Å². The molecule has 2 atom stereocenters. The third-order valence-electron chi connectivity index (χ3n) is 3.72. The summed E-state index contributed by atoms with van der Waals surface area (Å²) in [6.07, 6.45) is 2.31. The number of urea groups is 1. The minimum absolute atomic E-state index is 0.167. The Morgan fingerprint density at radius 2 is 2.21 bits per heavy atom. The van der Waals surface area contributed by atoms with Gasteiger partial charge in [-0.1, -0.05) is 13.8 Å². The van der Waals surface area contributed by atoms with Gasteiger partial charge in [-0.05, 0) is 25.9 Å². The van der Waals surface area contributed by atoms with E-state index in [1.807, 2.05) is 0 Å². The molecule has 2 amide bonds. The van der Waals surface area contributed by atoms with E-state index >= 15 is 0 Å². The molecule has 110 valence electrons. The van der Waals surface area contributed by atoms with E-state index in [1.165, 1.54) is 6.42 Å². The number of amides is 2. The highest BCUT2D eigenvalue weighted by Crippen LogP contribution is 2.17. The van der Waals surface area contributed by atoms with Gasteiger partial charge in [0.25, 0.3) is 0 Å². The maximum atomic E-state index is 11.9. The zero-order valence-electron chi connectivity index (χ0n) is 12.1. The van der Waals surface area contributed by atoms with Crippen LogP contribution >= 0.6 is 0 Å². The zero-order valence-corrected chi connectivity index (χ0v) is 12.1. The lowest BCUT2D eigenvalue weighted by Gasteiger charge is -2.28. The number of likely N-dealkylation sites (N-methyl/N-ethyl adjacent to an activating group) is 2. The molecule has 0 spiro atoms. The zero-order chi connectivity index (χ0) is 14.4. The number of aliphatic carboxylic acids is 1. The van der Waals surface area contributed by atoms with Crippen LogP contribution in [0.2, 0.25) is 0 Å². The number of carbonyl (C=O) groups is 2. The fourth-order valence-electron chi connectivity index (χ4n) is 2.38. The number of rotatable bonds is 6. The first kappa shape index (κ1) is 15.8. The molecule has 0 saturated carbocycles. The summed E-state index contributed by atoms with van der Waals surface area (Å²) < 4.78 is 0. The van der Waals surface area contributed by atoms with Gasteiger partial charge in [0.1, 0.15) is 0 Å². The van der Waals surface area contributed by atoms with Gasteiger partial charge in [-0.15, -0.1) is 0 Å². The first-order chi connectivity index (χ1) is 8.95.